The lowest BCUT2D eigenvalue weighted by Crippen LogP contribution is -2.43. The van der Waals surface area contributed by atoms with Crippen LogP contribution in [0.1, 0.15) is 50.2 Å². The minimum absolute atomic E-state index is 0.0657. The molecule has 176 valence electrons. The van der Waals surface area contributed by atoms with Crippen LogP contribution in [-0.4, -0.2) is 53.9 Å². The molecule has 0 saturated carbocycles. The molecule has 2 aromatic rings. The van der Waals surface area contributed by atoms with Crippen LogP contribution in [0.25, 0.3) is 0 Å². The smallest absolute Gasteiger partial charge is 0.322 e. The standard InChI is InChI=1S/C22H32N4O5S/c1-2-3-13-32(29,30)26-19(21(27)28)15-16-6-9-20-17(14-16)7-8-18(31-20)5-4-10-23-22-24-11-12-25-22/h6,9,11-12,14,18-19,26H,2-5,7-8,10,13,15H2,1H3,(H,27,28)(H2,23,24,25)/t18?,19-/m0/s1. The fourth-order valence-corrected chi connectivity index (χ4v) is 5.16. The Hall–Kier alpha value is -2.59. The summed E-state index contributed by atoms with van der Waals surface area (Å²) >= 11 is 0. The number of anilines is 1. The lowest BCUT2D eigenvalue weighted by Gasteiger charge is -2.27. The fraction of sp³-hybridized carbons (Fsp3) is 0.545. The zero-order valence-electron chi connectivity index (χ0n) is 18.3. The second kappa shape index (κ2) is 11.3. The number of benzene rings is 1. The summed E-state index contributed by atoms with van der Waals surface area (Å²) < 4.78 is 32.7. The maximum Gasteiger partial charge on any atom is 0.322 e. The van der Waals surface area contributed by atoms with Gasteiger partial charge in [0.1, 0.15) is 11.8 Å². The van der Waals surface area contributed by atoms with Crippen LogP contribution < -0.4 is 14.8 Å². The molecule has 4 N–H and O–H groups in total. The van der Waals surface area contributed by atoms with Crippen molar-refractivity contribution >= 4 is 21.9 Å². The van der Waals surface area contributed by atoms with E-state index in [9.17, 15) is 18.3 Å². The van der Waals surface area contributed by atoms with Gasteiger partial charge in [-0.05, 0) is 55.7 Å². The number of sulfonamides is 1. The quantitative estimate of drug-likeness (QED) is 0.335. The molecule has 3 rings (SSSR count). The predicted molar refractivity (Wildman–Crippen MR) is 122 cm³/mol. The number of aromatic nitrogens is 2. The lowest BCUT2D eigenvalue weighted by molar-refractivity contribution is -0.138. The van der Waals surface area contributed by atoms with Crippen molar-refractivity contribution in [1.82, 2.24) is 14.7 Å². The van der Waals surface area contributed by atoms with E-state index in [0.29, 0.717) is 6.42 Å². The molecule has 0 amide bonds. The monoisotopic (exact) mass is 464 g/mol. The first-order valence-corrected chi connectivity index (χ1v) is 12.8. The van der Waals surface area contributed by atoms with Crippen LogP contribution in [0.15, 0.2) is 30.6 Å². The van der Waals surface area contributed by atoms with Crippen molar-refractivity contribution in [2.24, 2.45) is 0 Å². The van der Waals surface area contributed by atoms with Crippen molar-refractivity contribution in [3.8, 4) is 5.75 Å². The Morgan fingerprint density at radius 2 is 2.22 bits per heavy atom. The van der Waals surface area contributed by atoms with Crippen LogP contribution in [0.4, 0.5) is 5.95 Å². The number of aromatic amines is 1. The maximum absolute atomic E-state index is 12.1. The summed E-state index contributed by atoms with van der Waals surface area (Å²) in [5.41, 5.74) is 1.81. The first-order chi connectivity index (χ1) is 15.4. The number of carbonyl (C=O) groups is 1. The number of nitrogens with one attached hydrogen (secondary N) is 3. The molecule has 9 nitrogen and oxygen atoms in total. The first-order valence-electron chi connectivity index (χ1n) is 11.1. The molecule has 32 heavy (non-hydrogen) atoms. The molecule has 0 bridgehead atoms. The van der Waals surface area contributed by atoms with E-state index in [1.165, 1.54) is 0 Å². The molecule has 1 unspecified atom stereocenters. The summed E-state index contributed by atoms with van der Waals surface area (Å²) in [5.74, 6) is 0.338. The minimum Gasteiger partial charge on any atom is -0.490 e. The van der Waals surface area contributed by atoms with Crippen LogP contribution in [0.5, 0.6) is 5.75 Å². The Kier molecular flexibility index (Phi) is 8.52. The molecular weight excluding hydrogens is 432 g/mol. The fourth-order valence-electron chi connectivity index (χ4n) is 3.75. The highest BCUT2D eigenvalue weighted by molar-refractivity contribution is 7.89. The van der Waals surface area contributed by atoms with Gasteiger partial charge < -0.3 is 20.1 Å². The van der Waals surface area contributed by atoms with Crippen molar-refractivity contribution in [2.45, 2.75) is 64.0 Å². The minimum atomic E-state index is -3.62. The van der Waals surface area contributed by atoms with Crippen LogP contribution in [0.3, 0.4) is 0 Å². The number of hydrogen-bond donors (Lipinski definition) is 4. The summed E-state index contributed by atoms with van der Waals surface area (Å²) in [7, 11) is -3.62. The number of unbranched alkanes of at least 4 members (excludes halogenated alkanes) is 1. The Morgan fingerprint density at radius 3 is 2.94 bits per heavy atom. The van der Waals surface area contributed by atoms with Crippen molar-refractivity contribution in [1.29, 1.82) is 0 Å². The molecule has 0 saturated heterocycles. The largest absolute Gasteiger partial charge is 0.490 e. The molecule has 1 aliphatic heterocycles. The highest BCUT2D eigenvalue weighted by atomic mass is 32.2. The van der Waals surface area contributed by atoms with E-state index in [0.717, 1.165) is 61.5 Å². The molecule has 0 aliphatic carbocycles. The Labute approximate surface area is 189 Å². The number of carboxylic acids is 1. The van der Waals surface area contributed by atoms with Gasteiger partial charge in [-0.3, -0.25) is 4.79 Å². The maximum atomic E-state index is 12.1. The first kappa shape index (κ1) is 24.1. The number of aryl methyl sites for hydroxylation is 1. The van der Waals surface area contributed by atoms with Crippen molar-refractivity contribution in [2.75, 3.05) is 17.6 Å². The number of fused-ring (bicyclic) bond motifs is 1. The van der Waals surface area contributed by atoms with E-state index >= 15 is 0 Å². The van der Waals surface area contributed by atoms with Crippen molar-refractivity contribution in [3.05, 3.63) is 41.7 Å². The molecule has 0 radical (unpaired) electrons. The van der Waals surface area contributed by atoms with E-state index in [-0.39, 0.29) is 18.3 Å². The molecule has 1 aromatic heterocycles. The zero-order chi connectivity index (χ0) is 23.0. The van der Waals surface area contributed by atoms with Crippen molar-refractivity contribution < 1.29 is 23.1 Å². The molecule has 0 fully saturated rings. The summed E-state index contributed by atoms with van der Waals surface area (Å²) in [6.07, 6.45) is 8.56. The van der Waals surface area contributed by atoms with Gasteiger partial charge in [-0.25, -0.2) is 18.1 Å². The molecule has 0 spiro atoms. The third kappa shape index (κ3) is 7.23. The average Bonchev–Trinajstić information content (AvgIpc) is 3.28. The van der Waals surface area contributed by atoms with Crippen LogP contribution in [-0.2, 0) is 27.7 Å². The highest BCUT2D eigenvalue weighted by Gasteiger charge is 2.25. The Balaban J connectivity index is 1.52. The van der Waals surface area contributed by atoms with E-state index in [2.05, 4.69) is 20.0 Å². The zero-order valence-corrected chi connectivity index (χ0v) is 19.2. The molecule has 2 heterocycles. The number of carboxylic acid groups (broad SMARTS) is 1. The predicted octanol–water partition coefficient (Wildman–Crippen LogP) is 2.71. The van der Waals surface area contributed by atoms with Crippen LogP contribution >= 0.6 is 0 Å². The second-order valence-corrected chi connectivity index (χ2v) is 9.99. The topological polar surface area (TPSA) is 133 Å². The van der Waals surface area contributed by atoms with Gasteiger partial charge in [0.25, 0.3) is 0 Å². The van der Waals surface area contributed by atoms with E-state index < -0.39 is 22.0 Å². The number of rotatable bonds is 13. The molecule has 10 heteroatoms. The number of aliphatic carboxylic acids is 1. The third-order valence-electron chi connectivity index (χ3n) is 5.47. The van der Waals surface area contributed by atoms with Crippen LogP contribution in [0, 0.1) is 0 Å². The second-order valence-electron chi connectivity index (χ2n) is 8.11. The average molecular weight is 465 g/mol. The van der Waals surface area contributed by atoms with Gasteiger partial charge in [-0.2, -0.15) is 0 Å². The molecular formula is C22H32N4O5S. The van der Waals surface area contributed by atoms with E-state index in [1.807, 2.05) is 25.1 Å². The van der Waals surface area contributed by atoms with E-state index in [1.54, 1.807) is 12.4 Å². The summed E-state index contributed by atoms with van der Waals surface area (Å²) in [6, 6.07) is 4.42. The van der Waals surface area contributed by atoms with Gasteiger partial charge in [-0.1, -0.05) is 25.5 Å². The lowest BCUT2D eigenvalue weighted by atomic mass is 9.96. The molecule has 2 atom stereocenters. The van der Waals surface area contributed by atoms with Gasteiger partial charge in [0, 0.05) is 18.9 Å². The Morgan fingerprint density at radius 1 is 1.38 bits per heavy atom. The van der Waals surface area contributed by atoms with Crippen LogP contribution in [0.2, 0.25) is 0 Å². The molecule has 1 aliphatic rings. The van der Waals surface area contributed by atoms with Gasteiger partial charge >= 0.3 is 5.97 Å². The van der Waals surface area contributed by atoms with Gasteiger partial charge in [-0.15, -0.1) is 0 Å². The van der Waals surface area contributed by atoms with E-state index in [4.69, 9.17) is 4.74 Å². The Bertz CT molecular complexity index is 978. The van der Waals surface area contributed by atoms with Gasteiger partial charge in [0.05, 0.1) is 11.9 Å². The van der Waals surface area contributed by atoms with Gasteiger partial charge in [0.15, 0.2) is 5.95 Å². The number of H-pyrrole nitrogens is 1. The SMILES string of the molecule is CCCCS(=O)(=O)N[C@@H](Cc1ccc2c(c1)CCC(CCCNc1ncc[nH]1)O2)C(=O)O. The summed E-state index contributed by atoms with van der Waals surface area (Å²) in [6.45, 7) is 2.70. The van der Waals surface area contributed by atoms with Crippen molar-refractivity contribution in [3.63, 3.8) is 0 Å². The highest BCUT2D eigenvalue weighted by Crippen LogP contribution is 2.30. The number of ether oxygens (including phenoxy) is 1. The summed E-state index contributed by atoms with van der Waals surface area (Å²) in [5, 5.41) is 12.7. The molecule has 1 aromatic carbocycles. The van der Waals surface area contributed by atoms with Gasteiger partial charge in [0.2, 0.25) is 10.0 Å². The number of nitrogens with zero attached hydrogens (tertiary/aromatic N) is 1. The summed E-state index contributed by atoms with van der Waals surface area (Å²) in [4.78, 5) is 18.8. The number of hydrogen-bond acceptors (Lipinski definition) is 6. The third-order valence-corrected chi connectivity index (χ3v) is 6.94. The number of imidazole rings is 1. The normalized spacial score (nSPS) is 16.7.